The Morgan fingerprint density at radius 2 is 2.09 bits per heavy atom. The number of amides is 1. The summed E-state index contributed by atoms with van der Waals surface area (Å²) in [6, 6.07) is 0. The van der Waals surface area contributed by atoms with Crippen LogP contribution in [0.15, 0.2) is 6.20 Å². The fourth-order valence-corrected chi connectivity index (χ4v) is 2.92. The number of aromatic nitrogens is 2. The van der Waals surface area contributed by atoms with Crippen LogP contribution in [0.1, 0.15) is 58.2 Å². The minimum atomic E-state index is -0.480. The van der Waals surface area contributed by atoms with Gasteiger partial charge in [0.1, 0.15) is 5.60 Å². The topological polar surface area (TPSA) is 76.1 Å². The molecule has 2 unspecified atom stereocenters. The molecule has 0 radical (unpaired) electrons. The largest absolute Gasteiger partial charge is 0.444 e. The quantitative estimate of drug-likeness (QED) is 0.834. The Morgan fingerprint density at radius 3 is 2.78 bits per heavy atom. The molecule has 1 amide bonds. The zero-order chi connectivity index (χ0) is 17.0. The Morgan fingerprint density at radius 1 is 1.35 bits per heavy atom. The third kappa shape index (κ3) is 5.37. The normalized spacial score (nSPS) is 20.6. The van der Waals surface area contributed by atoms with Gasteiger partial charge in [0.15, 0.2) is 0 Å². The van der Waals surface area contributed by atoms with Gasteiger partial charge in [-0.25, -0.2) is 14.8 Å². The molecule has 0 aliphatic heterocycles. The maximum atomic E-state index is 11.5. The average molecular weight is 320 g/mol. The molecule has 1 aromatic rings. The van der Waals surface area contributed by atoms with Crippen LogP contribution in [-0.2, 0) is 11.2 Å². The van der Waals surface area contributed by atoms with E-state index >= 15 is 0 Å². The molecular formula is C17H28N4O2. The van der Waals surface area contributed by atoms with E-state index in [1.54, 1.807) is 0 Å². The number of carbonyl (C=O) groups is 1. The van der Waals surface area contributed by atoms with Crippen molar-refractivity contribution in [1.82, 2.24) is 15.3 Å². The second kappa shape index (κ2) is 7.15. The van der Waals surface area contributed by atoms with E-state index < -0.39 is 11.7 Å². The van der Waals surface area contributed by atoms with Crippen molar-refractivity contribution in [1.29, 1.82) is 0 Å². The van der Waals surface area contributed by atoms with Gasteiger partial charge in [-0.3, -0.25) is 0 Å². The van der Waals surface area contributed by atoms with Crippen LogP contribution in [0.4, 0.5) is 10.7 Å². The Balaban J connectivity index is 1.81. The van der Waals surface area contributed by atoms with Gasteiger partial charge in [-0.1, -0.05) is 13.8 Å². The summed E-state index contributed by atoms with van der Waals surface area (Å²) in [6.07, 6.45) is 3.75. The lowest BCUT2D eigenvalue weighted by Gasteiger charge is -2.26. The second-order valence-electron chi connectivity index (χ2n) is 7.41. The van der Waals surface area contributed by atoms with Crippen molar-refractivity contribution in [3.63, 3.8) is 0 Å². The van der Waals surface area contributed by atoms with E-state index in [2.05, 4.69) is 34.4 Å². The molecule has 1 aromatic heterocycles. The highest BCUT2D eigenvalue weighted by Gasteiger charge is 2.23. The van der Waals surface area contributed by atoms with E-state index in [0.29, 0.717) is 30.9 Å². The number of carbonyl (C=O) groups excluding carboxylic acids is 1. The van der Waals surface area contributed by atoms with E-state index in [4.69, 9.17) is 4.74 Å². The minimum Gasteiger partial charge on any atom is -0.444 e. The van der Waals surface area contributed by atoms with Crippen molar-refractivity contribution in [2.24, 2.45) is 5.92 Å². The molecule has 1 aliphatic carbocycles. The summed E-state index contributed by atoms with van der Waals surface area (Å²) in [7, 11) is 0. The summed E-state index contributed by atoms with van der Waals surface area (Å²) in [6.45, 7) is 11.0. The van der Waals surface area contributed by atoms with Crippen molar-refractivity contribution in [3.8, 4) is 0 Å². The Kier molecular flexibility index (Phi) is 5.44. The van der Waals surface area contributed by atoms with Crippen LogP contribution in [0.25, 0.3) is 0 Å². The van der Waals surface area contributed by atoms with Crippen molar-refractivity contribution < 1.29 is 9.53 Å². The molecule has 128 valence electrons. The summed E-state index contributed by atoms with van der Waals surface area (Å²) >= 11 is 0. The summed E-state index contributed by atoms with van der Waals surface area (Å²) < 4.78 is 5.18. The third-order valence-corrected chi connectivity index (χ3v) is 3.77. The molecule has 6 heteroatoms. The highest BCUT2D eigenvalue weighted by molar-refractivity contribution is 5.67. The van der Waals surface area contributed by atoms with Crippen LogP contribution < -0.4 is 10.6 Å². The maximum absolute atomic E-state index is 11.5. The highest BCUT2D eigenvalue weighted by Crippen LogP contribution is 2.32. The third-order valence-electron chi connectivity index (χ3n) is 3.77. The van der Waals surface area contributed by atoms with Crippen LogP contribution >= 0.6 is 0 Å². The van der Waals surface area contributed by atoms with Gasteiger partial charge in [0.2, 0.25) is 5.95 Å². The first kappa shape index (κ1) is 17.5. The van der Waals surface area contributed by atoms with Crippen LogP contribution in [0.2, 0.25) is 0 Å². The van der Waals surface area contributed by atoms with Gasteiger partial charge in [0, 0.05) is 19.3 Å². The zero-order valence-corrected chi connectivity index (χ0v) is 14.8. The van der Waals surface area contributed by atoms with E-state index in [-0.39, 0.29) is 0 Å². The van der Waals surface area contributed by atoms with Gasteiger partial charge >= 0.3 is 6.09 Å². The first-order valence-electron chi connectivity index (χ1n) is 8.31. The Bertz CT molecular complexity index is 554. The molecule has 0 saturated heterocycles. The van der Waals surface area contributed by atoms with Crippen LogP contribution in [-0.4, -0.2) is 34.8 Å². The first-order chi connectivity index (χ1) is 10.7. The molecule has 1 aliphatic rings. The Labute approximate surface area is 138 Å². The van der Waals surface area contributed by atoms with E-state index in [1.807, 2.05) is 27.0 Å². The van der Waals surface area contributed by atoms with Crippen LogP contribution in [0, 0.1) is 5.92 Å². The predicted octanol–water partition coefficient (Wildman–Crippen LogP) is 3.10. The smallest absolute Gasteiger partial charge is 0.407 e. The number of ether oxygens (including phenoxy) is 1. The SMILES string of the molecule is CC1Cc2cnc(NCCNC(=O)OC(C)(C)C)nc2C(C)C1. The van der Waals surface area contributed by atoms with Gasteiger partial charge in [-0.05, 0) is 51.0 Å². The number of hydrogen-bond acceptors (Lipinski definition) is 5. The molecule has 0 bridgehead atoms. The number of anilines is 1. The summed E-state index contributed by atoms with van der Waals surface area (Å²) in [4.78, 5) is 20.6. The van der Waals surface area contributed by atoms with Gasteiger partial charge < -0.3 is 15.4 Å². The lowest BCUT2D eigenvalue weighted by Crippen LogP contribution is -2.35. The van der Waals surface area contributed by atoms with Gasteiger partial charge in [-0.2, -0.15) is 0 Å². The molecule has 0 saturated carbocycles. The zero-order valence-electron chi connectivity index (χ0n) is 14.8. The number of fused-ring (bicyclic) bond motifs is 1. The summed E-state index contributed by atoms with van der Waals surface area (Å²) in [5.41, 5.74) is 1.93. The standard InChI is InChI=1S/C17H28N4O2/c1-11-8-12(2)14-13(9-11)10-20-15(21-14)18-6-7-19-16(22)23-17(3,4)5/h10-12H,6-9H2,1-5H3,(H,19,22)(H,18,20,21). The molecule has 2 atom stereocenters. The van der Waals surface area contributed by atoms with E-state index in [9.17, 15) is 4.79 Å². The Hall–Kier alpha value is -1.85. The van der Waals surface area contributed by atoms with Gasteiger partial charge in [-0.15, -0.1) is 0 Å². The number of alkyl carbamates (subject to hydrolysis) is 1. The van der Waals surface area contributed by atoms with Gasteiger partial charge in [0.05, 0.1) is 5.69 Å². The van der Waals surface area contributed by atoms with Crippen LogP contribution in [0.3, 0.4) is 0 Å². The molecule has 0 fully saturated rings. The maximum Gasteiger partial charge on any atom is 0.407 e. The van der Waals surface area contributed by atoms with Crippen molar-refractivity contribution in [3.05, 3.63) is 17.5 Å². The van der Waals surface area contributed by atoms with Crippen molar-refractivity contribution >= 4 is 12.0 Å². The van der Waals surface area contributed by atoms with Crippen LogP contribution in [0.5, 0.6) is 0 Å². The van der Waals surface area contributed by atoms with E-state index in [1.165, 1.54) is 12.0 Å². The average Bonchev–Trinajstić information content (AvgIpc) is 2.42. The summed E-state index contributed by atoms with van der Waals surface area (Å²) in [5.74, 6) is 1.78. The molecule has 1 heterocycles. The number of nitrogens with one attached hydrogen (secondary N) is 2. The molecule has 2 N–H and O–H groups in total. The van der Waals surface area contributed by atoms with Gasteiger partial charge in [0.25, 0.3) is 0 Å². The number of hydrogen-bond donors (Lipinski definition) is 2. The molecule has 2 rings (SSSR count). The molecular weight excluding hydrogens is 292 g/mol. The predicted molar refractivity (Wildman–Crippen MR) is 90.7 cm³/mol. The lowest BCUT2D eigenvalue weighted by molar-refractivity contribution is 0.0530. The summed E-state index contributed by atoms with van der Waals surface area (Å²) in [5, 5.41) is 5.86. The fourth-order valence-electron chi connectivity index (χ4n) is 2.92. The highest BCUT2D eigenvalue weighted by atomic mass is 16.6. The van der Waals surface area contributed by atoms with E-state index in [0.717, 1.165) is 12.1 Å². The second-order valence-corrected chi connectivity index (χ2v) is 7.41. The van der Waals surface area contributed by atoms with Crippen molar-refractivity contribution in [2.45, 2.75) is 59.0 Å². The molecule has 6 nitrogen and oxygen atoms in total. The monoisotopic (exact) mass is 320 g/mol. The molecule has 0 aromatic carbocycles. The van der Waals surface area contributed by atoms with Crippen molar-refractivity contribution in [2.75, 3.05) is 18.4 Å². The molecule has 23 heavy (non-hydrogen) atoms. The minimum absolute atomic E-state index is 0.409. The number of rotatable bonds is 4. The fraction of sp³-hybridized carbons (Fsp3) is 0.706. The first-order valence-corrected chi connectivity index (χ1v) is 8.31. The number of nitrogens with zero attached hydrogens (tertiary/aromatic N) is 2. The lowest BCUT2D eigenvalue weighted by atomic mass is 9.82. The molecule has 0 spiro atoms.